The van der Waals surface area contributed by atoms with Gasteiger partial charge in [0.25, 0.3) is 0 Å². The van der Waals surface area contributed by atoms with Gasteiger partial charge in [0.2, 0.25) is 6.41 Å². The molecule has 3 aromatic carbocycles. The summed E-state index contributed by atoms with van der Waals surface area (Å²) < 4.78 is 161. The Kier molecular flexibility index (Phi) is 15.6. The predicted octanol–water partition coefficient (Wildman–Crippen LogP) is 10.8. The molecule has 1 fully saturated rings. The lowest BCUT2D eigenvalue weighted by molar-refractivity contribution is -0.149. The van der Waals surface area contributed by atoms with E-state index in [1.54, 1.807) is 6.92 Å². The SMILES string of the molecule is CC.CCOC(=O)C1CCC(Oc2cc(-c3ccc(C(F)(F)F)cc3CN(C=O)[C@@H](C)[C@H](OC)c3cc(C(F)(F)F)cc(C(F)(F)F)c3)c(OC)cc2F)CC1. The summed E-state index contributed by atoms with van der Waals surface area (Å²) in [5.74, 6) is -1.96. The van der Waals surface area contributed by atoms with Crippen LogP contribution in [0.25, 0.3) is 11.1 Å². The van der Waals surface area contributed by atoms with Crippen molar-refractivity contribution in [1.29, 1.82) is 0 Å². The number of rotatable bonds is 13. The average molecular weight is 812 g/mol. The first-order valence-electron chi connectivity index (χ1n) is 17.7. The zero-order chi connectivity index (χ0) is 42.2. The molecule has 1 saturated carbocycles. The number of hydrogen-bond acceptors (Lipinski definition) is 6. The summed E-state index contributed by atoms with van der Waals surface area (Å²) in [5, 5.41) is 0. The van der Waals surface area contributed by atoms with E-state index in [1.807, 2.05) is 13.8 Å². The highest BCUT2D eigenvalue weighted by Gasteiger charge is 2.39. The highest BCUT2D eigenvalue weighted by atomic mass is 19.4. The minimum absolute atomic E-state index is 0.0159. The minimum Gasteiger partial charge on any atom is -0.496 e. The van der Waals surface area contributed by atoms with E-state index in [2.05, 4.69) is 0 Å². The van der Waals surface area contributed by atoms with Crippen molar-refractivity contribution in [2.75, 3.05) is 20.8 Å². The summed E-state index contributed by atoms with van der Waals surface area (Å²) in [4.78, 5) is 25.5. The van der Waals surface area contributed by atoms with Crippen LogP contribution in [-0.2, 0) is 44.1 Å². The smallest absolute Gasteiger partial charge is 0.416 e. The fourth-order valence-electron chi connectivity index (χ4n) is 6.43. The number of amides is 1. The molecule has 3 aromatic rings. The van der Waals surface area contributed by atoms with Crippen LogP contribution in [-0.4, -0.2) is 50.3 Å². The van der Waals surface area contributed by atoms with Crippen LogP contribution in [0, 0.1) is 11.7 Å². The van der Waals surface area contributed by atoms with Gasteiger partial charge in [-0.1, -0.05) is 19.9 Å². The van der Waals surface area contributed by atoms with Gasteiger partial charge in [0.15, 0.2) is 11.6 Å². The number of carbonyl (C=O) groups excluding carboxylic acids is 2. The maximum absolute atomic E-state index is 15.3. The molecule has 0 N–H and O–H groups in total. The Morgan fingerprint density at radius 1 is 0.804 bits per heavy atom. The highest BCUT2D eigenvalue weighted by Crippen LogP contribution is 2.43. The number of benzene rings is 3. The van der Waals surface area contributed by atoms with E-state index >= 15 is 4.39 Å². The average Bonchev–Trinajstić information content (AvgIpc) is 3.14. The highest BCUT2D eigenvalue weighted by molar-refractivity contribution is 5.76. The first-order valence-corrected chi connectivity index (χ1v) is 17.7. The van der Waals surface area contributed by atoms with Crippen LogP contribution in [0.15, 0.2) is 48.5 Å². The van der Waals surface area contributed by atoms with E-state index in [4.69, 9.17) is 18.9 Å². The molecule has 0 aromatic heterocycles. The van der Waals surface area contributed by atoms with E-state index in [0.717, 1.165) is 30.2 Å². The van der Waals surface area contributed by atoms with Crippen LogP contribution < -0.4 is 9.47 Å². The number of ether oxygens (including phenoxy) is 4. The van der Waals surface area contributed by atoms with Crippen LogP contribution in [0.1, 0.15) is 87.3 Å². The zero-order valence-electron chi connectivity index (χ0n) is 31.4. The molecule has 7 nitrogen and oxygen atoms in total. The van der Waals surface area contributed by atoms with Gasteiger partial charge in [0, 0.05) is 25.3 Å². The molecule has 1 aliphatic carbocycles. The second-order valence-electron chi connectivity index (χ2n) is 12.7. The van der Waals surface area contributed by atoms with E-state index < -0.39 is 71.4 Å². The van der Waals surface area contributed by atoms with Gasteiger partial charge in [-0.05, 0) is 92.6 Å². The van der Waals surface area contributed by atoms with E-state index in [1.165, 1.54) is 20.1 Å². The van der Waals surface area contributed by atoms with Crippen molar-refractivity contribution in [3.63, 3.8) is 0 Å². The third kappa shape index (κ3) is 11.3. The summed E-state index contributed by atoms with van der Waals surface area (Å²) in [7, 11) is 2.17. The lowest BCUT2D eigenvalue weighted by atomic mass is 9.87. The molecule has 0 spiro atoms. The van der Waals surface area contributed by atoms with Crippen LogP contribution in [0.3, 0.4) is 0 Å². The third-order valence-corrected chi connectivity index (χ3v) is 9.21. The molecule has 0 saturated heterocycles. The Labute approximate surface area is 317 Å². The lowest BCUT2D eigenvalue weighted by Gasteiger charge is -2.33. The maximum atomic E-state index is 15.3. The molecule has 4 rings (SSSR count). The van der Waals surface area contributed by atoms with Gasteiger partial charge in [-0.25, -0.2) is 4.39 Å². The number of alkyl halides is 9. The molecule has 0 bridgehead atoms. The quantitative estimate of drug-likeness (QED) is 0.0972. The van der Waals surface area contributed by atoms with Gasteiger partial charge in [-0.2, -0.15) is 39.5 Å². The van der Waals surface area contributed by atoms with Crippen LogP contribution >= 0.6 is 0 Å². The number of carbonyl (C=O) groups is 2. The summed E-state index contributed by atoms with van der Waals surface area (Å²) in [5.41, 5.74) is -5.13. The Morgan fingerprint density at radius 2 is 1.38 bits per heavy atom. The number of methoxy groups -OCH3 is 2. The van der Waals surface area contributed by atoms with Crippen LogP contribution in [0.2, 0.25) is 0 Å². The van der Waals surface area contributed by atoms with Gasteiger partial charge < -0.3 is 23.8 Å². The first kappa shape index (κ1) is 45.8. The standard InChI is InChI=1S/C37H37F10NO6.C2H6/c1-5-53-34(50)21-6-9-27(10-7-21)54-32-16-29(31(51-3)17-30(32)38)28-11-8-24(35(39,40)41)14-23(28)18-48(19-49)20(2)33(52-4)22-12-25(36(42,43)44)15-26(13-22)37(45,46)47;1-2/h8,11-17,19-21,27,33H,5-7,9-10,18H2,1-4H3;1-2H3/t20-,21?,27?,33-;/m0./s1. The number of esters is 1. The van der Waals surface area contributed by atoms with Crippen molar-refractivity contribution < 1.29 is 72.4 Å². The number of hydrogen-bond donors (Lipinski definition) is 0. The topological polar surface area (TPSA) is 74.3 Å². The van der Waals surface area contributed by atoms with E-state index in [0.29, 0.717) is 43.9 Å². The van der Waals surface area contributed by atoms with Crippen LogP contribution in [0.5, 0.6) is 11.5 Å². The van der Waals surface area contributed by atoms with Gasteiger partial charge in [0.05, 0.1) is 48.5 Å². The molecule has 1 amide bonds. The van der Waals surface area contributed by atoms with Gasteiger partial charge in [-0.3, -0.25) is 9.59 Å². The Morgan fingerprint density at radius 3 is 1.86 bits per heavy atom. The summed E-state index contributed by atoms with van der Waals surface area (Å²) >= 11 is 0. The normalized spacial score (nSPS) is 17.2. The molecule has 17 heteroatoms. The molecule has 0 unspecified atom stereocenters. The third-order valence-electron chi connectivity index (χ3n) is 9.21. The molecule has 2 atom stereocenters. The molecule has 310 valence electrons. The molecule has 1 aliphatic rings. The molecule has 0 heterocycles. The number of nitrogens with zero attached hydrogens (tertiary/aromatic N) is 1. The van der Waals surface area contributed by atoms with Crippen LogP contribution in [0.4, 0.5) is 43.9 Å². The van der Waals surface area contributed by atoms with Gasteiger partial charge in [-0.15, -0.1) is 0 Å². The fourth-order valence-corrected chi connectivity index (χ4v) is 6.43. The van der Waals surface area contributed by atoms with Crippen molar-refractivity contribution in [2.45, 2.75) is 96.7 Å². The predicted molar refractivity (Wildman–Crippen MR) is 185 cm³/mol. The van der Waals surface area contributed by atoms with Crippen molar-refractivity contribution in [1.82, 2.24) is 4.90 Å². The zero-order valence-corrected chi connectivity index (χ0v) is 31.4. The van der Waals surface area contributed by atoms with E-state index in [9.17, 15) is 49.1 Å². The summed E-state index contributed by atoms with van der Waals surface area (Å²) in [6.07, 6.45) is -15.7. The van der Waals surface area contributed by atoms with Crippen molar-refractivity contribution in [3.8, 4) is 22.6 Å². The molecule has 56 heavy (non-hydrogen) atoms. The molecule has 0 radical (unpaired) electrons. The maximum Gasteiger partial charge on any atom is 0.416 e. The largest absolute Gasteiger partial charge is 0.496 e. The molecule has 0 aliphatic heterocycles. The van der Waals surface area contributed by atoms with E-state index in [-0.39, 0.29) is 59.2 Å². The Bertz CT molecular complexity index is 1750. The van der Waals surface area contributed by atoms with Crippen molar-refractivity contribution in [2.24, 2.45) is 5.92 Å². The van der Waals surface area contributed by atoms with Gasteiger partial charge >= 0.3 is 24.5 Å². The van der Waals surface area contributed by atoms with Crippen molar-refractivity contribution >= 4 is 12.4 Å². The lowest BCUT2D eigenvalue weighted by Crippen LogP contribution is -2.37. The molecular formula is C39H43F10NO6. The first-order chi connectivity index (χ1) is 26.2. The fraction of sp³-hybridized carbons (Fsp3) is 0.487. The minimum atomic E-state index is -5.19. The Balaban J connectivity index is 0.00000414. The second-order valence-corrected chi connectivity index (χ2v) is 12.7. The van der Waals surface area contributed by atoms with Gasteiger partial charge in [0.1, 0.15) is 11.9 Å². The second kappa shape index (κ2) is 19.1. The Hall–Kier alpha value is -4.54. The molecular weight excluding hydrogens is 768 g/mol. The summed E-state index contributed by atoms with van der Waals surface area (Å²) in [6, 6.07) is 4.15. The monoisotopic (exact) mass is 811 g/mol. The summed E-state index contributed by atoms with van der Waals surface area (Å²) in [6.45, 7) is 6.48. The number of halogens is 10. The van der Waals surface area contributed by atoms with Crippen molar-refractivity contribution in [3.05, 3.63) is 82.2 Å².